The molecular weight excluding hydrogens is 477 g/mol. The maximum atomic E-state index is 15.0. The van der Waals surface area contributed by atoms with Crippen molar-refractivity contribution in [3.63, 3.8) is 0 Å². The SMILES string of the molecule is CCc1cccc(-n2nc(C)cc2C(=O)Nc2cc([C@H](NCC3CC3)c3cccc(C#N)c3)ccc2F)c1. The van der Waals surface area contributed by atoms with Crippen LogP contribution in [0.5, 0.6) is 0 Å². The molecule has 1 saturated carbocycles. The summed E-state index contributed by atoms with van der Waals surface area (Å²) in [5, 5.41) is 20.3. The van der Waals surface area contributed by atoms with E-state index >= 15 is 0 Å². The Bertz CT molecular complexity index is 1510. The third-order valence-electron chi connectivity index (χ3n) is 6.86. The molecule has 1 fully saturated rings. The zero-order chi connectivity index (χ0) is 26.6. The van der Waals surface area contributed by atoms with Crippen molar-refractivity contribution in [1.82, 2.24) is 15.1 Å². The molecule has 0 saturated heterocycles. The number of amides is 1. The molecular formula is C31H30FN5O. The van der Waals surface area contributed by atoms with Gasteiger partial charge in [0.05, 0.1) is 34.7 Å². The van der Waals surface area contributed by atoms with Gasteiger partial charge in [0.15, 0.2) is 0 Å². The smallest absolute Gasteiger partial charge is 0.274 e. The highest BCUT2D eigenvalue weighted by molar-refractivity contribution is 6.03. The van der Waals surface area contributed by atoms with Crippen molar-refractivity contribution in [2.45, 2.75) is 39.2 Å². The number of nitrogens with one attached hydrogen (secondary N) is 2. The molecule has 2 N–H and O–H groups in total. The molecule has 1 aliphatic rings. The van der Waals surface area contributed by atoms with Gasteiger partial charge in [-0.05, 0) is 97.8 Å². The molecule has 1 heterocycles. The van der Waals surface area contributed by atoms with Gasteiger partial charge in [-0.15, -0.1) is 0 Å². The second-order valence-corrected chi connectivity index (χ2v) is 9.82. The van der Waals surface area contributed by atoms with E-state index in [9.17, 15) is 14.4 Å². The highest BCUT2D eigenvalue weighted by atomic mass is 19.1. The molecule has 0 radical (unpaired) electrons. The predicted octanol–water partition coefficient (Wildman–Crippen LogP) is 6.10. The van der Waals surface area contributed by atoms with Gasteiger partial charge in [-0.2, -0.15) is 10.4 Å². The molecule has 38 heavy (non-hydrogen) atoms. The van der Waals surface area contributed by atoms with E-state index in [1.165, 1.54) is 18.9 Å². The summed E-state index contributed by atoms with van der Waals surface area (Å²) in [5.41, 5.74) is 5.29. The summed E-state index contributed by atoms with van der Waals surface area (Å²) in [6.07, 6.45) is 3.24. The lowest BCUT2D eigenvalue weighted by atomic mass is 9.96. The van der Waals surface area contributed by atoms with Crippen molar-refractivity contribution in [3.05, 3.63) is 112 Å². The number of halogens is 1. The Hall–Kier alpha value is -4.28. The average molecular weight is 508 g/mol. The molecule has 3 aromatic carbocycles. The number of carbonyl (C=O) groups excluding carboxylic acids is 1. The van der Waals surface area contributed by atoms with E-state index in [1.807, 2.05) is 49.4 Å². The summed E-state index contributed by atoms with van der Waals surface area (Å²) in [5.74, 6) is -0.340. The quantitative estimate of drug-likeness (QED) is 0.287. The third kappa shape index (κ3) is 5.66. The number of aromatic nitrogens is 2. The number of anilines is 1. The molecule has 4 aromatic rings. The second-order valence-electron chi connectivity index (χ2n) is 9.82. The van der Waals surface area contributed by atoms with Crippen LogP contribution in [0, 0.1) is 30.0 Å². The number of benzene rings is 3. The summed E-state index contributed by atoms with van der Waals surface area (Å²) < 4.78 is 16.6. The number of nitriles is 1. The lowest BCUT2D eigenvalue weighted by Crippen LogP contribution is -2.25. The van der Waals surface area contributed by atoms with Crippen LogP contribution >= 0.6 is 0 Å². The van der Waals surface area contributed by atoms with Crippen molar-refractivity contribution in [3.8, 4) is 11.8 Å². The Morgan fingerprint density at radius 3 is 2.66 bits per heavy atom. The first kappa shape index (κ1) is 25.4. The van der Waals surface area contributed by atoms with Gasteiger partial charge < -0.3 is 10.6 Å². The maximum absolute atomic E-state index is 15.0. The van der Waals surface area contributed by atoms with Gasteiger partial charge in [0.25, 0.3) is 5.91 Å². The summed E-state index contributed by atoms with van der Waals surface area (Å²) in [6, 6.07) is 23.7. The van der Waals surface area contributed by atoms with Crippen molar-refractivity contribution >= 4 is 11.6 Å². The van der Waals surface area contributed by atoms with Gasteiger partial charge in [0, 0.05) is 0 Å². The van der Waals surface area contributed by atoms with Crippen LogP contribution in [0.4, 0.5) is 10.1 Å². The van der Waals surface area contributed by atoms with Gasteiger partial charge >= 0.3 is 0 Å². The van der Waals surface area contributed by atoms with Gasteiger partial charge in [0.1, 0.15) is 11.5 Å². The molecule has 0 aliphatic heterocycles. The van der Waals surface area contributed by atoms with Crippen LogP contribution in [0.15, 0.2) is 72.8 Å². The van der Waals surface area contributed by atoms with E-state index in [0.29, 0.717) is 22.9 Å². The van der Waals surface area contributed by atoms with E-state index in [0.717, 1.165) is 35.3 Å². The lowest BCUT2D eigenvalue weighted by molar-refractivity contribution is 0.101. The minimum Gasteiger partial charge on any atom is -0.318 e. The molecule has 1 atom stereocenters. The number of nitrogens with zero attached hydrogens (tertiary/aromatic N) is 3. The fourth-order valence-corrected chi connectivity index (χ4v) is 4.59. The first-order valence-electron chi connectivity index (χ1n) is 13.0. The van der Waals surface area contributed by atoms with Gasteiger partial charge in [0.2, 0.25) is 0 Å². The van der Waals surface area contributed by atoms with Crippen LogP contribution in [0.1, 0.15) is 64.2 Å². The molecule has 7 heteroatoms. The Morgan fingerprint density at radius 1 is 1.11 bits per heavy atom. The Labute approximate surface area is 222 Å². The first-order valence-corrected chi connectivity index (χ1v) is 13.0. The number of hydrogen-bond donors (Lipinski definition) is 2. The standard InChI is InChI=1S/C31H30FN5O/c1-3-21-6-5-9-26(16-21)37-29(14-20(2)36-37)31(38)35-28-17-25(12-13-27(28)32)30(34-19-22-10-11-22)24-8-4-7-23(15-24)18-33/h4-9,12-17,22,30,34H,3,10-11,19H2,1-2H3,(H,35,38)/t30-/m1/s1. The van der Waals surface area contributed by atoms with Crippen molar-refractivity contribution in [2.24, 2.45) is 5.92 Å². The largest absolute Gasteiger partial charge is 0.318 e. The first-order chi connectivity index (χ1) is 18.4. The zero-order valence-corrected chi connectivity index (χ0v) is 21.5. The van der Waals surface area contributed by atoms with Crippen LogP contribution < -0.4 is 10.6 Å². The topological polar surface area (TPSA) is 82.7 Å². The normalized spacial score (nSPS) is 13.6. The van der Waals surface area contributed by atoms with Crippen LogP contribution in [-0.4, -0.2) is 22.2 Å². The van der Waals surface area contributed by atoms with E-state index < -0.39 is 11.7 Å². The number of hydrogen-bond acceptors (Lipinski definition) is 4. The maximum Gasteiger partial charge on any atom is 0.274 e. The average Bonchev–Trinajstić information content (AvgIpc) is 3.69. The molecule has 0 unspecified atom stereocenters. The Kier molecular flexibility index (Phi) is 7.34. The number of carbonyl (C=O) groups is 1. The predicted molar refractivity (Wildman–Crippen MR) is 146 cm³/mol. The van der Waals surface area contributed by atoms with E-state index in [-0.39, 0.29) is 11.7 Å². The van der Waals surface area contributed by atoms with E-state index in [1.54, 1.807) is 28.9 Å². The highest BCUT2D eigenvalue weighted by Gasteiger charge is 2.25. The molecule has 6 nitrogen and oxygen atoms in total. The Balaban J connectivity index is 1.45. The van der Waals surface area contributed by atoms with Gasteiger partial charge in [-0.3, -0.25) is 4.79 Å². The molecule has 192 valence electrons. The highest BCUT2D eigenvalue weighted by Crippen LogP contribution is 2.31. The van der Waals surface area contributed by atoms with E-state index in [4.69, 9.17) is 0 Å². The van der Waals surface area contributed by atoms with Crippen LogP contribution in [0.25, 0.3) is 5.69 Å². The monoisotopic (exact) mass is 507 g/mol. The van der Waals surface area contributed by atoms with Crippen LogP contribution in [0.2, 0.25) is 0 Å². The minimum absolute atomic E-state index is 0.0925. The molecule has 0 spiro atoms. The zero-order valence-electron chi connectivity index (χ0n) is 21.5. The van der Waals surface area contributed by atoms with Gasteiger partial charge in [-0.1, -0.05) is 37.3 Å². The van der Waals surface area contributed by atoms with Crippen molar-refractivity contribution in [2.75, 3.05) is 11.9 Å². The van der Waals surface area contributed by atoms with Crippen LogP contribution in [0.3, 0.4) is 0 Å². The fourth-order valence-electron chi connectivity index (χ4n) is 4.59. The van der Waals surface area contributed by atoms with Gasteiger partial charge in [-0.25, -0.2) is 9.07 Å². The molecule has 0 bridgehead atoms. The van der Waals surface area contributed by atoms with Crippen LogP contribution in [-0.2, 0) is 6.42 Å². The molecule has 1 amide bonds. The molecule has 5 rings (SSSR count). The lowest BCUT2D eigenvalue weighted by Gasteiger charge is -2.21. The third-order valence-corrected chi connectivity index (χ3v) is 6.86. The number of rotatable bonds is 9. The Morgan fingerprint density at radius 2 is 1.89 bits per heavy atom. The fraction of sp³-hybridized carbons (Fsp3) is 0.258. The number of aryl methyl sites for hydroxylation is 2. The second kappa shape index (κ2) is 11.0. The van der Waals surface area contributed by atoms with Crippen molar-refractivity contribution < 1.29 is 9.18 Å². The molecule has 1 aliphatic carbocycles. The van der Waals surface area contributed by atoms with Crippen molar-refractivity contribution in [1.29, 1.82) is 5.26 Å². The molecule has 1 aromatic heterocycles. The minimum atomic E-state index is -0.524. The summed E-state index contributed by atoms with van der Waals surface area (Å²) in [7, 11) is 0. The summed E-state index contributed by atoms with van der Waals surface area (Å²) in [6.45, 7) is 4.72. The van der Waals surface area contributed by atoms with E-state index in [2.05, 4.69) is 28.7 Å². The summed E-state index contributed by atoms with van der Waals surface area (Å²) in [4.78, 5) is 13.4. The summed E-state index contributed by atoms with van der Waals surface area (Å²) >= 11 is 0.